The summed E-state index contributed by atoms with van der Waals surface area (Å²) in [6.07, 6.45) is 3.61. The van der Waals surface area contributed by atoms with Crippen molar-refractivity contribution in [3.8, 4) is 5.75 Å². The summed E-state index contributed by atoms with van der Waals surface area (Å²) in [5, 5.41) is 2.88. The Morgan fingerprint density at radius 2 is 1.93 bits per heavy atom. The molecule has 5 nitrogen and oxygen atoms in total. The first kappa shape index (κ1) is 18.7. The monoisotopic (exact) mass is 364 g/mol. The lowest BCUT2D eigenvalue weighted by atomic mass is 10.2. The molecule has 2 aromatic rings. The summed E-state index contributed by atoms with van der Waals surface area (Å²) in [5.41, 5.74) is 1.74. The molecule has 0 radical (unpaired) electrons. The molecule has 0 saturated heterocycles. The molecular weight excluding hydrogens is 340 g/mol. The molecule has 0 heterocycles. The van der Waals surface area contributed by atoms with E-state index in [9.17, 15) is 9.59 Å². The maximum absolute atomic E-state index is 12.6. The molecule has 0 aromatic heterocycles. The highest BCUT2D eigenvalue weighted by molar-refractivity contribution is 5.94. The smallest absolute Gasteiger partial charge is 0.261 e. The second kappa shape index (κ2) is 9.03. The van der Waals surface area contributed by atoms with Crippen LogP contribution in [0, 0.1) is 5.92 Å². The summed E-state index contributed by atoms with van der Waals surface area (Å²) < 4.78 is 5.65. The Hall–Kier alpha value is -3.08. The molecule has 1 saturated carbocycles. The zero-order valence-corrected chi connectivity index (χ0v) is 15.3. The highest BCUT2D eigenvalue weighted by Gasteiger charge is 2.29. The minimum absolute atomic E-state index is 0.0447. The van der Waals surface area contributed by atoms with Crippen molar-refractivity contribution >= 4 is 17.5 Å². The molecule has 1 aliphatic carbocycles. The van der Waals surface area contributed by atoms with Gasteiger partial charge in [0.15, 0.2) is 6.61 Å². The highest BCUT2D eigenvalue weighted by Crippen LogP contribution is 2.30. The third-order valence-electron chi connectivity index (χ3n) is 4.33. The third-order valence-corrected chi connectivity index (χ3v) is 4.33. The lowest BCUT2D eigenvalue weighted by Crippen LogP contribution is -2.34. The van der Waals surface area contributed by atoms with Crippen LogP contribution < -0.4 is 10.1 Å². The standard InChI is InChI=1S/C22H24N2O3/c1-2-13-24(15-17-7-4-3-5-8-17)21(25)16-27-20-10-6-9-19(14-20)23-22(26)18-11-12-18/h2-10,14,18H,1,11-13,15-16H2,(H,23,26). The van der Waals surface area contributed by atoms with Gasteiger partial charge >= 0.3 is 0 Å². The van der Waals surface area contributed by atoms with E-state index in [1.165, 1.54) is 0 Å². The van der Waals surface area contributed by atoms with Crippen LogP contribution in [0.1, 0.15) is 18.4 Å². The van der Waals surface area contributed by atoms with Gasteiger partial charge in [-0.15, -0.1) is 6.58 Å². The van der Waals surface area contributed by atoms with Crippen molar-refractivity contribution in [2.24, 2.45) is 5.92 Å². The van der Waals surface area contributed by atoms with Gasteiger partial charge in [-0.1, -0.05) is 42.5 Å². The Morgan fingerprint density at radius 1 is 1.15 bits per heavy atom. The summed E-state index contributed by atoms with van der Waals surface area (Å²) in [5.74, 6) is 0.617. The molecule has 3 rings (SSSR count). The van der Waals surface area contributed by atoms with Crippen LogP contribution in [0.4, 0.5) is 5.69 Å². The maximum Gasteiger partial charge on any atom is 0.261 e. The summed E-state index contributed by atoms with van der Waals surface area (Å²) in [4.78, 5) is 26.1. The van der Waals surface area contributed by atoms with Crippen LogP contribution in [0.5, 0.6) is 5.75 Å². The van der Waals surface area contributed by atoms with Gasteiger partial charge in [-0.3, -0.25) is 9.59 Å². The van der Waals surface area contributed by atoms with Gasteiger partial charge in [0, 0.05) is 30.8 Å². The van der Waals surface area contributed by atoms with Crippen LogP contribution in [0.25, 0.3) is 0 Å². The fraction of sp³-hybridized carbons (Fsp3) is 0.273. The predicted molar refractivity (Wildman–Crippen MR) is 105 cm³/mol. The summed E-state index contributed by atoms with van der Waals surface area (Å²) >= 11 is 0. The van der Waals surface area contributed by atoms with Crippen molar-refractivity contribution in [3.05, 3.63) is 72.8 Å². The zero-order valence-electron chi connectivity index (χ0n) is 15.3. The van der Waals surface area contributed by atoms with Gasteiger partial charge < -0.3 is 15.0 Å². The lowest BCUT2D eigenvalue weighted by molar-refractivity contribution is -0.133. The van der Waals surface area contributed by atoms with Crippen molar-refractivity contribution in [2.45, 2.75) is 19.4 Å². The van der Waals surface area contributed by atoms with E-state index in [0.29, 0.717) is 24.5 Å². The molecule has 0 aliphatic heterocycles. The van der Waals surface area contributed by atoms with Crippen LogP contribution in [0.3, 0.4) is 0 Å². The van der Waals surface area contributed by atoms with Gasteiger partial charge in [0.25, 0.3) is 5.91 Å². The number of carbonyl (C=O) groups is 2. The van der Waals surface area contributed by atoms with Crippen LogP contribution in [-0.2, 0) is 16.1 Å². The van der Waals surface area contributed by atoms with Crippen molar-refractivity contribution < 1.29 is 14.3 Å². The van der Waals surface area contributed by atoms with Gasteiger partial charge in [0.05, 0.1) is 0 Å². The fourth-order valence-corrected chi connectivity index (χ4v) is 2.70. The van der Waals surface area contributed by atoms with E-state index in [0.717, 1.165) is 18.4 Å². The minimum atomic E-state index is -0.119. The molecule has 5 heteroatoms. The molecule has 0 spiro atoms. The van der Waals surface area contributed by atoms with Crippen molar-refractivity contribution in [3.63, 3.8) is 0 Å². The normalized spacial score (nSPS) is 12.9. The van der Waals surface area contributed by atoms with E-state index in [2.05, 4.69) is 11.9 Å². The van der Waals surface area contributed by atoms with E-state index in [4.69, 9.17) is 4.74 Å². The molecule has 2 aromatic carbocycles. The Kier molecular flexibility index (Phi) is 6.26. The zero-order chi connectivity index (χ0) is 19.1. The third kappa shape index (κ3) is 5.71. The Labute approximate surface area is 159 Å². The number of hydrogen-bond donors (Lipinski definition) is 1. The summed E-state index contributed by atoms with van der Waals surface area (Å²) in [6, 6.07) is 16.9. The highest BCUT2D eigenvalue weighted by atomic mass is 16.5. The Bertz CT molecular complexity index is 800. The number of hydrogen-bond acceptors (Lipinski definition) is 3. The van der Waals surface area contributed by atoms with Crippen LogP contribution >= 0.6 is 0 Å². The second-order valence-electron chi connectivity index (χ2n) is 6.63. The number of rotatable bonds is 9. The van der Waals surface area contributed by atoms with E-state index in [-0.39, 0.29) is 24.3 Å². The van der Waals surface area contributed by atoms with E-state index in [1.54, 1.807) is 29.2 Å². The first-order chi connectivity index (χ1) is 13.2. The molecule has 1 N–H and O–H groups in total. The summed E-state index contributed by atoms with van der Waals surface area (Å²) in [7, 11) is 0. The first-order valence-corrected chi connectivity index (χ1v) is 9.12. The van der Waals surface area contributed by atoms with E-state index in [1.807, 2.05) is 36.4 Å². The SMILES string of the molecule is C=CCN(Cc1ccccc1)C(=O)COc1cccc(NC(=O)C2CC2)c1. The number of benzene rings is 2. The number of nitrogens with one attached hydrogen (secondary N) is 1. The molecule has 1 fully saturated rings. The van der Waals surface area contributed by atoms with Gasteiger partial charge in [-0.05, 0) is 30.5 Å². The lowest BCUT2D eigenvalue weighted by Gasteiger charge is -2.21. The van der Waals surface area contributed by atoms with Gasteiger partial charge in [0.1, 0.15) is 5.75 Å². The maximum atomic E-state index is 12.6. The molecular formula is C22H24N2O3. The number of carbonyl (C=O) groups excluding carboxylic acids is 2. The van der Waals surface area contributed by atoms with Crippen molar-refractivity contribution in [1.29, 1.82) is 0 Å². The summed E-state index contributed by atoms with van der Waals surface area (Å²) in [6.45, 7) is 4.62. The molecule has 2 amide bonds. The van der Waals surface area contributed by atoms with Crippen LogP contribution in [0.2, 0.25) is 0 Å². The molecule has 0 atom stereocenters. The quantitative estimate of drug-likeness (QED) is 0.691. The molecule has 140 valence electrons. The molecule has 1 aliphatic rings. The fourth-order valence-electron chi connectivity index (χ4n) is 2.70. The van der Waals surface area contributed by atoms with E-state index >= 15 is 0 Å². The number of nitrogens with zero attached hydrogens (tertiary/aromatic N) is 1. The molecule has 27 heavy (non-hydrogen) atoms. The Morgan fingerprint density at radius 3 is 2.63 bits per heavy atom. The van der Waals surface area contributed by atoms with E-state index < -0.39 is 0 Å². The largest absolute Gasteiger partial charge is 0.484 e. The van der Waals surface area contributed by atoms with Crippen molar-refractivity contribution in [2.75, 3.05) is 18.5 Å². The van der Waals surface area contributed by atoms with Gasteiger partial charge in [-0.2, -0.15) is 0 Å². The van der Waals surface area contributed by atoms with Gasteiger partial charge in [0.2, 0.25) is 5.91 Å². The first-order valence-electron chi connectivity index (χ1n) is 9.12. The predicted octanol–water partition coefficient (Wildman–Crippen LogP) is 3.63. The van der Waals surface area contributed by atoms with Crippen molar-refractivity contribution in [1.82, 2.24) is 4.90 Å². The molecule has 0 unspecified atom stereocenters. The van der Waals surface area contributed by atoms with Crippen LogP contribution in [0.15, 0.2) is 67.3 Å². The average molecular weight is 364 g/mol. The van der Waals surface area contributed by atoms with Crippen LogP contribution in [-0.4, -0.2) is 29.9 Å². The number of amides is 2. The second-order valence-corrected chi connectivity index (χ2v) is 6.63. The number of anilines is 1. The number of ether oxygens (including phenoxy) is 1. The average Bonchev–Trinajstić information content (AvgIpc) is 3.52. The minimum Gasteiger partial charge on any atom is -0.484 e. The Balaban J connectivity index is 1.56. The molecule has 0 bridgehead atoms. The van der Waals surface area contributed by atoms with Gasteiger partial charge in [-0.25, -0.2) is 0 Å². The topological polar surface area (TPSA) is 58.6 Å².